The van der Waals surface area contributed by atoms with Gasteiger partial charge in [-0.2, -0.15) is 4.98 Å². The number of pyridine rings is 1. The van der Waals surface area contributed by atoms with Gasteiger partial charge in [0, 0.05) is 56.6 Å². The van der Waals surface area contributed by atoms with Gasteiger partial charge in [0.15, 0.2) is 0 Å². The summed E-state index contributed by atoms with van der Waals surface area (Å²) >= 11 is 0. The Kier molecular flexibility index (Phi) is 7.23. The minimum Gasteiger partial charge on any atom is -0.497 e. The third kappa shape index (κ3) is 5.79. The molecule has 9 heteroatoms. The molecular formula is C26H32N6O3. The molecule has 0 radical (unpaired) electrons. The van der Waals surface area contributed by atoms with Gasteiger partial charge < -0.3 is 19.5 Å². The summed E-state index contributed by atoms with van der Waals surface area (Å²) in [6.45, 7) is 5.25. The molecule has 9 nitrogen and oxygen atoms in total. The SMILES string of the molecule is COc1ccc(-c2noc(N3CCC(C(=O)NCC4CCN(Cc5ccncc5)C4)CC3)n2)cc1. The lowest BCUT2D eigenvalue weighted by Gasteiger charge is -2.30. The molecule has 184 valence electrons. The highest BCUT2D eigenvalue weighted by molar-refractivity contribution is 5.79. The van der Waals surface area contributed by atoms with Crippen molar-refractivity contribution in [3.8, 4) is 17.1 Å². The summed E-state index contributed by atoms with van der Waals surface area (Å²) in [4.78, 5) is 26.0. The number of nitrogens with zero attached hydrogens (tertiary/aromatic N) is 5. The monoisotopic (exact) mass is 476 g/mol. The fourth-order valence-corrected chi connectivity index (χ4v) is 4.89. The molecule has 1 atom stereocenters. The molecule has 2 aliphatic rings. The van der Waals surface area contributed by atoms with Crippen LogP contribution in [0, 0.1) is 11.8 Å². The molecule has 35 heavy (non-hydrogen) atoms. The van der Waals surface area contributed by atoms with E-state index in [1.165, 1.54) is 5.56 Å². The van der Waals surface area contributed by atoms with Gasteiger partial charge in [0.05, 0.1) is 7.11 Å². The quantitative estimate of drug-likeness (QED) is 0.530. The summed E-state index contributed by atoms with van der Waals surface area (Å²) in [5.74, 6) is 2.05. The minimum absolute atomic E-state index is 0.0320. The zero-order valence-electron chi connectivity index (χ0n) is 20.1. The third-order valence-electron chi connectivity index (χ3n) is 6.99. The molecule has 2 aromatic heterocycles. The summed E-state index contributed by atoms with van der Waals surface area (Å²) < 4.78 is 10.7. The predicted octanol–water partition coefficient (Wildman–Crippen LogP) is 2.99. The van der Waals surface area contributed by atoms with Crippen LogP contribution in [-0.2, 0) is 11.3 Å². The second-order valence-corrected chi connectivity index (χ2v) is 9.38. The normalized spacial score (nSPS) is 19.1. The van der Waals surface area contributed by atoms with Crippen LogP contribution in [0.5, 0.6) is 5.75 Å². The number of carbonyl (C=O) groups excluding carboxylic acids is 1. The molecule has 0 saturated carbocycles. The van der Waals surface area contributed by atoms with Gasteiger partial charge in [-0.15, -0.1) is 0 Å². The van der Waals surface area contributed by atoms with Gasteiger partial charge >= 0.3 is 6.01 Å². The second kappa shape index (κ2) is 10.9. The van der Waals surface area contributed by atoms with Gasteiger partial charge in [-0.3, -0.25) is 14.7 Å². The molecule has 3 aromatic rings. The summed E-state index contributed by atoms with van der Waals surface area (Å²) in [6, 6.07) is 12.2. The number of anilines is 1. The van der Waals surface area contributed by atoms with Crippen LogP contribution in [0.3, 0.4) is 0 Å². The van der Waals surface area contributed by atoms with E-state index in [4.69, 9.17) is 9.26 Å². The second-order valence-electron chi connectivity index (χ2n) is 9.38. The lowest BCUT2D eigenvalue weighted by molar-refractivity contribution is -0.125. The molecule has 1 unspecified atom stereocenters. The number of hydrogen-bond donors (Lipinski definition) is 1. The van der Waals surface area contributed by atoms with Crippen LogP contribution in [0.1, 0.15) is 24.8 Å². The van der Waals surface area contributed by atoms with Crippen LogP contribution >= 0.6 is 0 Å². The van der Waals surface area contributed by atoms with Gasteiger partial charge in [-0.1, -0.05) is 5.16 Å². The van der Waals surface area contributed by atoms with Crippen LogP contribution in [0.15, 0.2) is 53.3 Å². The van der Waals surface area contributed by atoms with Crippen molar-refractivity contribution in [3.05, 3.63) is 54.4 Å². The van der Waals surface area contributed by atoms with Crippen LogP contribution in [0.25, 0.3) is 11.4 Å². The zero-order valence-corrected chi connectivity index (χ0v) is 20.1. The van der Waals surface area contributed by atoms with E-state index in [1.54, 1.807) is 7.11 Å². The van der Waals surface area contributed by atoms with E-state index in [0.717, 1.165) is 69.8 Å². The van der Waals surface area contributed by atoms with E-state index < -0.39 is 0 Å². The van der Waals surface area contributed by atoms with Crippen molar-refractivity contribution >= 4 is 11.9 Å². The predicted molar refractivity (Wildman–Crippen MR) is 132 cm³/mol. The average molecular weight is 477 g/mol. The lowest BCUT2D eigenvalue weighted by Crippen LogP contribution is -2.42. The van der Waals surface area contributed by atoms with Gasteiger partial charge in [0.1, 0.15) is 5.75 Å². The van der Waals surface area contributed by atoms with E-state index in [0.29, 0.717) is 17.8 Å². The summed E-state index contributed by atoms with van der Waals surface area (Å²) in [5, 5.41) is 7.33. The van der Waals surface area contributed by atoms with E-state index in [9.17, 15) is 4.79 Å². The van der Waals surface area contributed by atoms with Gasteiger partial charge in [-0.25, -0.2) is 0 Å². The Balaban J connectivity index is 1.05. The van der Waals surface area contributed by atoms with Crippen molar-refractivity contribution < 1.29 is 14.1 Å². The first kappa shape index (κ1) is 23.3. The van der Waals surface area contributed by atoms with Gasteiger partial charge in [-0.05, 0) is 73.7 Å². The van der Waals surface area contributed by atoms with Crippen molar-refractivity contribution in [1.82, 2.24) is 25.3 Å². The Morgan fingerprint density at radius 1 is 1.09 bits per heavy atom. The van der Waals surface area contributed by atoms with E-state index in [1.807, 2.05) is 36.7 Å². The molecule has 2 aliphatic heterocycles. The number of amides is 1. The number of piperidine rings is 1. The molecule has 2 saturated heterocycles. The highest BCUT2D eigenvalue weighted by Crippen LogP contribution is 2.26. The lowest BCUT2D eigenvalue weighted by atomic mass is 9.96. The number of hydrogen-bond acceptors (Lipinski definition) is 8. The molecule has 1 N–H and O–H groups in total. The Labute approximate surface area is 205 Å². The summed E-state index contributed by atoms with van der Waals surface area (Å²) in [7, 11) is 1.64. The molecule has 0 bridgehead atoms. The molecule has 0 spiro atoms. The average Bonchev–Trinajstić information content (AvgIpc) is 3.58. The molecule has 5 rings (SSSR count). The maximum atomic E-state index is 12.8. The van der Waals surface area contributed by atoms with Gasteiger partial charge in [0.2, 0.25) is 11.7 Å². The third-order valence-corrected chi connectivity index (χ3v) is 6.99. The largest absolute Gasteiger partial charge is 0.497 e. The number of methoxy groups -OCH3 is 1. The number of rotatable bonds is 8. The zero-order chi connectivity index (χ0) is 24.0. The number of benzene rings is 1. The number of carbonyl (C=O) groups is 1. The Morgan fingerprint density at radius 2 is 1.86 bits per heavy atom. The molecule has 4 heterocycles. The van der Waals surface area contributed by atoms with Crippen molar-refractivity contribution in [2.24, 2.45) is 11.8 Å². The number of nitrogens with one attached hydrogen (secondary N) is 1. The highest BCUT2D eigenvalue weighted by Gasteiger charge is 2.29. The first-order valence-corrected chi connectivity index (χ1v) is 12.3. The Hall–Kier alpha value is -3.46. The first-order valence-electron chi connectivity index (χ1n) is 12.3. The fraction of sp³-hybridized carbons (Fsp3) is 0.462. The fourth-order valence-electron chi connectivity index (χ4n) is 4.89. The smallest absolute Gasteiger partial charge is 0.324 e. The van der Waals surface area contributed by atoms with Crippen molar-refractivity contribution in [2.45, 2.75) is 25.8 Å². The summed E-state index contributed by atoms with van der Waals surface area (Å²) in [5.41, 5.74) is 2.16. The number of aromatic nitrogens is 3. The van der Waals surface area contributed by atoms with Gasteiger partial charge in [0.25, 0.3) is 0 Å². The topological polar surface area (TPSA) is 96.6 Å². The van der Waals surface area contributed by atoms with Crippen LogP contribution in [-0.4, -0.2) is 65.8 Å². The maximum Gasteiger partial charge on any atom is 0.324 e. The maximum absolute atomic E-state index is 12.8. The van der Waals surface area contributed by atoms with E-state index in [2.05, 4.69) is 42.4 Å². The minimum atomic E-state index is 0.0320. The van der Waals surface area contributed by atoms with E-state index in [-0.39, 0.29) is 11.8 Å². The van der Waals surface area contributed by atoms with E-state index >= 15 is 0 Å². The molecular weight excluding hydrogens is 444 g/mol. The molecule has 1 amide bonds. The molecule has 0 aliphatic carbocycles. The van der Waals surface area contributed by atoms with Crippen molar-refractivity contribution in [1.29, 1.82) is 0 Å². The summed E-state index contributed by atoms with van der Waals surface area (Å²) in [6.07, 6.45) is 6.37. The van der Waals surface area contributed by atoms with Crippen LogP contribution in [0.4, 0.5) is 6.01 Å². The Bertz CT molecular complexity index is 1100. The van der Waals surface area contributed by atoms with Crippen molar-refractivity contribution in [3.63, 3.8) is 0 Å². The molecule has 1 aromatic carbocycles. The number of ether oxygens (including phenoxy) is 1. The Morgan fingerprint density at radius 3 is 2.60 bits per heavy atom. The highest BCUT2D eigenvalue weighted by atomic mass is 16.5. The van der Waals surface area contributed by atoms with Crippen molar-refractivity contribution in [2.75, 3.05) is 44.7 Å². The first-order chi connectivity index (χ1) is 17.2. The van der Waals surface area contributed by atoms with Crippen LogP contribution < -0.4 is 15.0 Å². The standard InChI is InChI=1S/C26H32N6O3/c1-34-23-4-2-21(3-5-23)24-29-26(35-30-24)32-14-9-22(10-15-32)25(33)28-16-20-8-13-31(18-20)17-19-6-11-27-12-7-19/h2-7,11-12,20,22H,8-10,13-18H2,1H3,(H,28,33). The number of likely N-dealkylation sites (tertiary alicyclic amines) is 1. The molecule has 2 fully saturated rings. The van der Waals surface area contributed by atoms with Crippen LogP contribution in [0.2, 0.25) is 0 Å².